The Balaban J connectivity index is 1.76. The van der Waals surface area contributed by atoms with Gasteiger partial charge in [0, 0.05) is 19.1 Å². The van der Waals surface area contributed by atoms with E-state index in [2.05, 4.69) is 52.2 Å². The van der Waals surface area contributed by atoms with E-state index in [1.807, 2.05) is 0 Å². The molecule has 1 N–H and O–H groups in total. The van der Waals surface area contributed by atoms with Crippen LogP contribution in [0.3, 0.4) is 0 Å². The maximum atomic E-state index is 4.77. The minimum Gasteiger partial charge on any atom is -0.370 e. The highest BCUT2D eigenvalue weighted by Gasteiger charge is 2.30. The van der Waals surface area contributed by atoms with Crippen LogP contribution >= 0.6 is 11.3 Å². The van der Waals surface area contributed by atoms with Crippen LogP contribution in [0.5, 0.6) is 0 Å². The number of hydrogen-bond donors (Lipinski definition) is 1. The number of rotatable bonds is 7. The van der Waals surface area contributed by atoms with Gasteiger partial charge >= 0.3 is 0 Å². The molecule has 1 fully saturated rings. The first-order valence-corrected chi connectivity index (χ1v) is 8.29. The van der Waals surface area contributed by atoms with Crippen LogP contribution in [0, 0.1) is 0 Å². The normalized spacial score (nSPS) is 14.2. The van der Waals surface area contributed by atoms with E-state index in [-0.39, 0.29) is 0 Å². The molecule has 2 heterocycles. The summed E-state index contributed by atoms with van der Waals surface area (Å²) in [6.45, 7) is 4.12. The summed E-state index contributed by atoms with van der Waals surface area (Å²) < 4.78 is 0. The van der Waals surface area contributed by atoms with Crippen molar-refractivity contribution < 1.29 is 0 Å². The smallest absolute Gasteiger partial charge is 0.131 e. The Morgan fingerprint density at radius 2 is 2.25 bits per heavy atom. The highest BCUT2D eigenvalue weighted by Crippen LogP contribution is 2.32. The molecule has 0 aliphatic heterocycles. The standard InChI is InChI=1S/C16H21N3S/c1-2-9-17-15-4-3-5-16(18-15)19(14-6-7-14)11-13-8-10-20-12-13/h3-5,8,10,12,14H,2,6-7,9,11H2,1H3,(H,17,18). The van der Waals surface area contributed by atoms with Crippen LogP contribution in [0.4, 0.5) is 11.6 Å². The van der Waals surface area contributed by atoms with Gasteiger partial charge in [0.05, 0.1) is 0 Å². The fourth-order valence-electron chi connectivity index (χ4n) is 2.30. The van der Waals surface area contributed by atoms with Crippen molar-refractivity contribution in [1.82, 2.24) is 4.98 Å². The average Bonchev–Trinajstić information content (AvgIpc) is 3.19. The number of pyridine rings is 1. The molecule has 0 atom stereocenters. The van der Waals surface area contributed by atoms with Gasteiger partial charge < -0.3 is 10.2 Å². The van der Waals surface area contributed by atoms with Crippen molar-refractivity contribution >= 4 is 23.0 Å². The zero-order chi connectivity index (χ0) is 13.8. The van der Waals surface area contributed by atoms with Gasteiger partial charge in [-0.3, -0.25) is 0 Å². The molecule has 2 aromatic rings. The maximum absolute atomic E-state index is 4.77. The summed E-state index contributed by atoms with van der Waals surface area (Å²) in [5, 5.41) is 7.75. The molecule has 20 heavy (non-hydrogen) atoms. The van der Waals surface area contributed by atoms with E-state index < -0.39 is 0 Å². The third kappa shape index (κ3) is 3.31. The highest BCUT2D eigenvalue weighted by atomic mass is 32.1. The van der Waals surface area contributed by atoms with Crippen molar-refractivity contribution in [3.05, 3.63) is 40.6 Å². The van der Waals surface area contributed by atoms with Gasteiger partial charge in [-0.2, -0.15) is 11.3 Å². The summed E-state index contributed by atoms with van der Waals surface area (Å²) >= 11 is 1.76. The van der Waals surface area contributed by atoms with Gasteiger partial charge in [0.2, 0.25) is 0 Å². The first-order valence-electron chi connectivity index (χ1n) is 7.35. The molecule has 0 bridgehead atoms. The van der Waals surface area contributed by atoms with Gasteiger partial charge in [-0.25, -0.2) is 4.98 Å². The Morgan fingerprint density at radius 1 is 1.35 bits per heavy atom. The van der Waals surface area contributed by atoms with Crippen molar-refractivity contribution in [2.75, 3.05) is 16.8 Å². The molecular weight excluding hydrogens is 266 g/mol. The molecule has 3 rings (SSSR count). The quantitative estimate of drug-likeness (QED) is 0.829. The molecule has 0 saturated heterocycles. The first-order chi connectivity index (χ1) is 9.86. The van der Waals surface area contributed by atoms with E-state index in [0.29, 0.717) is 6.04 Å². The second-order valence-corrected chi connectivity index (χ2v) is 6.08. The van der Waals surface area contributed by atoms with Crippen LogP contribution in [0.2, 0.25) is 0 Å². The van der Waals surface area contributed by atoms with Crippen LogP contribution in [0.1, 0.15) is 31.7 Å². The predicted octanol–water partition coefficient (Wildman–Crippen LogP) is 4.13. The lowest BCUT2D eigenvalue weighted by Gasteiger charge is -2.23. The minimum atomic E-state index is 0.670. The molecule has 2 aromatic heterocycles. The number of hydrogen-bond acceptors (Lipinski definition) is 4. The number of aromatic nitrogens is 1. The van der Waals surface area contributed by atoms with Crippen molar-refractivity contribution in [2.45, 2.75) is 38.8 Å². The molecule has 1 aliphatic rings. The summed E-state index contributed by atoms with van der Waals surface area (Å²) in [6.07, 6.45) is 3.70. The van der Waals surface area contributed by atoms with Crippen molar-refractivity contribution in [1.29, 1.82) is 0 Å². The molecule has 0 unspecified atom stereocenters. The lowest BCUT2D eigenvalue weighted by atomic mass is 10.3. The monoisotopic (exact) mass is 287 g/mol. The number of anilines is 2. The Morgan fingerprint density at radius 3 is 2.95 bits per heavy atom. The molecule has 0 radical (unpaired) electrons. The van der Waals surface area contributed by atoms with Gasteiger partial charge in [0.1, 0.15) is 11.6 Å². The third-order valence-electron chi connectivity index (χ3n) is 3.51. The summed E-state index contributed by atoms with van der Waals surface area (Å²) in [4.78, 5) is 7.21. The molecule has 0 amide bonds. The summed E-state index contributed by atoms with van der Waals surface area (Å²) in [5.41, 5.74) is 1.38. The van der Waals surface area contributed by atoms with Gasteiger partial charge in [-0.05, 0) is 53.8 Å². The largest absolute Gasteiger partial charge is 0.370 e. The molecular formula is C16H21N3S. The molecule has 3 nitrogen and oxygen atoms in total. The summed E-state index contributed by atoms with van der Waals surface area (Å²) in [5.74, 6) is 2.08. The van der Waals surface area contributed by atoms with Crippen LogP contribution < -0.4 is 10.2 Å². The zero-order valence-electron chi connectivity index (χ0n) is 11.9. The van der Waals surface area contributed by atoms with E-state index in [4.69, 9.17) is 4.98 Å². The zero-order valence-corrected chi connectivity index (χ0v) is 12.7. The lowest BCUT2D eigenvalue weighted by Crippen LogP contribution is -2.26. The number of nitrogens with zero attached hydrogens (tertiary/aromatic N) is 2. The van der Waals surface area contributed by atoms with Gasteiger partial charge in [-0.15, -0.1) is 0 Å². The van der Waals surface area contributed by atoms with Crippen molar-refractivity contribution in [3.8, 4) is 0 Å². The average molecular weight is 287 g/mol. The van der Waals surface area contributed by atoms with E-state index in [9.17, 15) is 0 Å². The van der Waals surface area contributed by atoms with Gasteiger partial charge in [-0.1, -0.05) is 13.0 Å². The Labute approximate surface area is 124 Å². The lowest BCUT2D eigenvalue weighted by molar-refractivity contribution is 0.780. The Bertz CT molecular complexity index is 534. The van der Waals surface area contributed by atoms with Gasteiger partial charge in [0.15, 0.2) is 0 Å². The molecule has 1 saturated carbocycles. The van der Waals surface area contributed by atoms with Crippen LogP contribution in [-0.2, 0) is 6.54 Å². The fourth-order valence-corrected chi connectivity index (χ4v) is 2.96. The predicted molar refractivity (Wildman–Crippen MR) is 86.5 cm³/mol. The molecule has 0 aromatic carbocycles. The Kier molecular flexibility index (Phi) is 4.21. The van der Waals surface area contributed by atoms with E-state index >= 15 is 0 Å². The van der Waals surface area contributed by atoms with Crippen LogP contribution in [-0.4, -0.2) is 17.6 Å². The molecule has 1 aliphatic carbocycles. The fraction of sp³-hybridized carbons (Fsp3) is 0.438. The van der Waals surface area contributed by atoms with E-state index in [0.717, 1.165) is 31.1 Å². The SMILES string of the molecule is CCCNc1cccc(N(Cc2ccsc2)C2CC2)n1. The summed E-state index contributed by atoms with van der Waals surface area (Å²) in [7, 11) is 0. The number of nitrogens with one attached hydrogen (secondary N) is 1. The van der Waals surface area contributed by atoms with E-state index in [1.54, 1.807) is 11.3 Å². The Hall–Kier alpha value is -1.55. The van der Waals surface area contributed by atoms with Crippen molar-refractivity contribution in [2.24, 2.45) is 0 Å². The maximum Gasteiger partial charge on any atom is 0.131 e. The van der Waals surface area contributed by atoms with E-state index in [1.165, 1.54) is 18.4 Å². The van der Waals surface area contributed by atoms with Gasteiger partial charge in [0.25, 0.3) is 0 Å². The van der Waals surface area contributed by atoms with Crippen LogP contribution in [0.15, 0.2) is 35.0 Å². The minimum absolute atomic E-state index is 0.670. The topological polar surface area (TPSA) is 28.2 Å². The molecule has 4 heteroatoms. The highest BCUT2D eigenvalue weighted by molar-refractivity contribution is 7.07. The number of thiophene rings is 1. The molecule has 0 spiro atoms. The first kappa shape index (κ1) is 13.4. The summed E-state index contributed by atoms with van der Waals surface area (Å²) in [6, 6.07) is 9.16. The second kappa shape index (κ2) is 6.27. The molecule has 106 valence electrons. The van der Waals surface area contributed by atoms with Crippen molar-refractivity contribution in [3.63, 3.8) is 0 Å². The van der Waals surface area contributed by atoms with Crippen LogP contribution in [0.25, 0.3) is 0 Å². The third-order valence-corrected chi connectivity index (χ3v) is 4.24. The second-order valence-electron chi connectivity index (χ2n) is 5.30.